The monoisotopic (exact) mass is 402 g/mol. The number of amides is 1. The van der Waals surface area contributed by atoms with Crippen molar-refractivity contribution in [2.75, 3.05) is 15.9 Å². The van der Waals surface area contributed by atoms with Crippen LogP contribution in [0, 0.1) is 11.6 Å². The molecule has 0 aliphatic carbocycles. The second-order valence-corrected chi connectivity index (χ2v) is 7.87. The lowest BCUT2D eigenvalue weighted by Gasteiger charge is -2.30. The highest BCUT2D eigenvalue weighted by molar-refractivity contribution is 7.92. The summed E-state index contributed by atoms with van der Waals surface area (Å²) in [5.74, 6) is -2.49. The Labute approximate surface area is 155 Å². The Morgan fingerprint density at radius 1 is 1.23 bits per heavy atom. The fourth-order valence-corrected chi connectivity index (χ4v) is 3.87. The number of nitrogens with zero attached hydrogens (tertiary/aromatic N) is 1. The van der Waals surface area contributed by atoms with Crippen molar-refractivity contribution >= 4 is 38.9 Å². The van der Waals surface area contributed by atoms with Gasteiger partial charge in [0.25, 0.3) is 0 Å². The number of benzene rings is 2. The molecule has 9 heteroatoms. The number of carbonyl (C=O) groups is 1. The van der Waals surface area contributed by atoms with E-state index >= 15 is 0 Å². The third-order valence-corrected chi connectivity index (χ3v) is 5.00. The van der Waals surface area contributed by atoms with Crippen molar-refractivity contribution < 1.29 is 22.0 Å². The average molecular weight is 403 g/mol. The number of rotatable bonds is 6. The molecular weight excluding hydrogens is 386 g/mol. The van der Waals surface area contributed by atoms with Crippen LogP contribution in [0.25, 0.3) is 0 Å². The topological polar surface area (TPSA) is 66.5 Å². The molecule has 1 amide bonds. The van der Waals surface area contributed by atoms with Crippen LogP contribution in [-0.2, 0) is 14.8 Å². The molecule has 0 heterocycles. The number of nitrogens with one attached hydrogen (secondary N) is 1. The number of anilines is 2. The number of hydrogen-bond donors (Lipinski definition) is 1. The van der Waals surface area contributed by atoms with Gasteiger partial charge in [0.05, 0.1) is 17.6 Å². The maximum Gasteiger partial charge on any atom is 0.248 e. The summed E-state index contributed by atoms with van der Waals surface area (Å²) in [5, 5.41) is 2.61. The number of hydrogen-bond acceptors (Lipinski definition) is 3. The molecule has 0 aliphatic heterocycles. The van der Waals surface area contributed by atoms with E-state index in [1.165, 1.54) is 12.1 Å². The van der Waals surface area contributed by atoms with Gasteiger partial charge in [0, 0.05) is 11.1 Å². The lowest BCUT2D eigenvalue weighted by molar-refractivity contribution is -0.117. The first-order valence-electron chi connectivity index (χ1n) is 7.64. The first-order chi connectivity index (χ1) is 12.1. The first-order valence-corrected chi connectivity index (χ1v) is 9.87. The second-order valence-electron chi connectivity index (χ2n) is 5.58. The largest absolute Gasteiger partial charge is 0.322 e. The van der Waals surface area contributed by atoms with Gasteiger partial charge < -0.3 is 5.32 Å². The van der Waals surface area contributed by atoms with E-state index < -0.39 is 33.6 Å². The third kappa shape index (κ3) is 4.70. The highest BCUT2D eigenvalue weighted by Gasteiger charge is 2.32. The minimum atomic E-state index is -3.84. The Bertz CT molecular complexity index is 922. The first kappa shape index (κ1) is 20.1. The normalized spacial score (nSPS) is 12.5. The van der Waals surface area contributed by atoms with Crippen LogP contribution in [-0.4, -0.2) is 26.6 Å². The van der Waals surface area contributed by atoms with Crippen LogP contribution in [0.4, 0.5) is 20.2 Å². The smallest absolute Gasteiger partial charge is 0.248 e. The molecular formula is C17H17ClF2N2O3S. The predicted octanol–water partition coefficient (Wildman–Crippen LogP) is 3.80. The predicted molar refractivity (Wildman–Crippen MR) is 97.8 cm³/mol. The maximum atomic E-state index is 13.8. The molecule has 0 spiro atoms. The standard InChI is InChI=1S/C17H17ClF2N2O3S/c1-3-16(17(23)21-15-8-7-12(19)10-14(15)20)22(26(2,24)25)13-6-4-5-11(18)9-13/h4-10,16H,3H2,1-2H3,(H,21,23)/t16-/m1/s1. The van der Waals surface area contributed by atoms with Gasteiger partial charge in [-0.05, 0) is 36.8 Å². The molecule has 0 aliphatic rings. The van der Waals surface area contributed by atoms with E-state index in [1.807, 2.05) is 0 Å². The Hall–Kier alpha value is -2.19. The van der Waals surface area contributed by atoms with Gasteiger partial charge in [-0.25, -0.2) is 17.2 Å². The molecule has 26 heavy (non-hydrogen) atoms. The van der Waals surface area contributed by atoms with Gasteiger partial charge in [0.2, 0.25) is 15.9 Å². The Kier molecular flexibility index (Phi) is 6.20. The quantitative estimate of drug-likeness (QED) is 0.799. The molecule has 0 fully saturated rings. The Balaban J connectivity index is 2.40. The van der Waals surface area contributed by atoms with Crippen LogP contribution in [0.2, 0.25) is 5.02 Å². The molecule has 0 bridgehead atoms. The summed E-state index contributed by atoms with van der Waals surface area (Å²) in [4.78, 5) is 12.6. The zero-order chi connectivity index (χ0) is 19.5. The Morgan fingerprint density at radius 3 is 2.46 bits per heavy atom. The van der Waals surface area contributed by atoms with Crippen molar-refractivity contribution in [1.82, 2.24) is 0 Å². The summed E-state index contributed by atoms with van der Waals surface area (Å²) in [5.41, 5.74) is -0.0315. The van der Waals surface area contributed by atoms with E-state index in [9.17, 15) is 22.0 Å². The van der Waals surface area contributed by atoms with Gasteiger partial charge in [0.1, 0.15) is 17.7 Å². The summed E-state index contributed by atoms with van der Waals surface area (Å²) in [6.45, 7) is 1.62. The van der Waals surface area contributed by atoms with E-state index in [0.29, 0.717) is 11.1 Å². The van der Waals surface area contributed by atoms with Crippen molar-refractivity contribution in [2.45, 2.75) is 19.4 Å². The molecule has 2 aromatic rings. The van der Waals surface area contributed by atoms with Crippen LogP contribution < -0.4 is 9.62 Å². The molecule has 2 rings (SSSR count). The van der Waals surface area contributed by atoms with Gasteiger partial charge in [-0.2, -0.15) is 0 Å². The van der Waals surface area contributed by atoms with E-state index in [-0.39, 0.29) is 17.8 Å². The average Bonchev–Trinajstić information content (AvgIpc) is 2.53. The molecule has 1 atom stereocenters. The zero-order valence-electron chi connectivity index (χ0n) is 14.0. The molecule has 140 valence electrons. The summed E-state index contributed by atoms with van der Waals surface area (Å²) in [7, 11) is -3.84. The van der Waals surface area contributed by atoms with Crippen LogP contribution in [0.5, 0.6) is 0 Å². The van der Waals surface area contributed by atoms with Gasteiger partial charge in [0.15, 0.2) is 0 Å². The van der Waals surface area contributed by atoms with Crippen molar-refractivity contribution in [3.05, 3.63) is 59.1 Å². The van der Waals surface area contributed by atoms with Gasteiger partial charge in [-0.15, -0.1) is 0 Å². The van der Waals surface area contributed by atoms with E-state index in [2.05, 4.69) is 5.32 Å². The summed E-state index contributed by atoms with van der Waals surface area (Å²) in [6.07, 6.45) is 1.08. The van der Waals surface area contributed by atoms with Crippen molar-refractivity contribution in [2.24, 2.45) is 0 Å². The minimum Gasteiger partial charge on any atom is -0.322 e. The molecule has 0 radical (unpaired) electrons. The fraction of sp³-hybridized carbons (Fsp3) is 0.235. The van der Waals surface area contributed by atoms with E-state index in [1.54, 1.807) is 19.1 Å². The van der Waals surface area contributed by atoms with Crippen LogP contribution >= 0.6 is 11.6 Å². The van der Waals surface area contributed by atoms with Gasteiger partial charge in [-0.3, -0.25) is 9.10 Å². The molecule has 0 saturated carbocycles. The third-order valence-electron chi connectivity index (χ3n) is 3.58. The SMILES string of the molecule is CC[C@H](C(=O)Nc1ccc(F)cc1F)N(c1cccc(Cl)c1)S(C)(=O)=O. The highest BCUT2D eigenvalue weighted by atomic mass is 35.5. The van der Waals surface area contributed by atoms with Crippen LogP contribution in [0.3, 0.4) is 0 Å². The summed E-state index contributed by atoms with van der Waals surface area (Å²) in [6, 6.07) is 7.58. The summed E-state index contributed by atoms with van der Waals surface area (Å²) >= 11 is 5.92. The molecule has 0 unspecified atom stereocenters. The minimum absolute atomic E-state index is 0.119. The van der Waals surface area contributed by atoms with Crippen molar-refractivity contribution in [3.8, 4) is 0 Å². The fourth-order valence-electron chi connectivity index (χ4n) is 2.48. The van der Waals surface area contributed by atoms with Crippen LogP contribution in [0.1, 0.15) is 13.3 Å². The molecule has 1 N–H and O–H groups in total. The lowest BCUT2D eigenvalue weighted by atomic mass is 10.1. The summed E-state index contributed by atoms with van der Waals surface area (Å²) < 4.78 is 52.3. The molecule has 0 aromatic heterocycles. The zero-order valence-corrected chi connectivity index (χ0v) is 15.6. The lowest BCUT2D eigenvalue weighted by Crippen LogP contribution is -2.47. The van der Waals surface area contributed by atoms with E-state index in [4.69, 9.17) is 11.6 Å². The van der Waals surface area contributed by atoms with Crippen LogP contribution in [0.15, 0.2) is 42.5 Å². The highest BCUT2D eigenvalue weighted by Crippen LogP contribution is 2.26. The number of sulfonamides is 1. The van der Waals surface area contributed by atoms with Gasteiger partial charge in [-0.1, -0.05) is 24.6 Å². The van der Waals surface area contributed by atoms with E-state index in [0.717, 1.165) is 22.7 Å². The second kappa shape index (κ2) is 8.01. The molecule has 5 nitrogen and oxygen atoms in total. The van der Waals surface area contributed by atoms with Crippen molar-refractivity contribution in [3.63, 3.8) is 0 Å². The maximum absolute atomic E-state index is 13.8. The van der Waals surface area contributed by atoms with Crippen molar-refractivity contribution in [1.29, 1.82) is 0 Å². The van der Waals surface area contributed by atoms with Gasteiger partial charge >= 0.3 is 0 Å². The molecule has 0 saturated heterocycles. The number of halogens is 3. The Morgan fingerprint density at radius 2 is 1.92 bits per heavy atom. The molecule has 2 aromatic carbocycles. The number of carbonyl (C=O) groups excluding carboxylic acids is 1.